The zero-order valence-electron chi connectivity index (χ0n) is 15.9. The predicted molar refractivity (Wildman–Crippen MR) is 110 cm³/mol. The molecule has 1 aliphatic heterocycles. The molecule has 2 rings (SSSR count). The molecule has 2 N–H and O–H groups in total. The number of hydrogen-bond acceptors (Lipinski definition) is 5. The Morgan fingerprint density at radius 3 is 2.65 bits per heavy atom. The number of amides is 1. The number of hydrogen-bond donors (Lipinski definition) is 1. The SMILES string of the molecule is CC(C)C(N)CCN(C)C(=O)CCSc1ccc2c(c1)OCCCO2.Cl. The van der Waals surface area contributed by atoms with Crippen LogP contribution >= 0.6 is 24.2 Å². The molecule has 1 heterocycles. The second kappa shape index (κ2) is 11.6. The second-order valence-corrected chi connectivity index (χ2v) is 7.94. The molecule has 1 aromatic carbocycles. The van der Waals surface area contributed by atoms with Gasteiger partial charge < -0.3 is 20.1 Å². The van der Waals surface area contributed by atoms with Crippen molar-refractivity contribution in [2.75, 3.05) is 32.6 Å². The van der Waals surface area contributed by atoms with E-state index in [0.717, 1.165) is 35.0 Å². The van der Waals surface area contributed by atoms with Gasteiger partial charge in [-0.2, -0.15) is 0 Å². The molecule has 0 spiro atoms. The van der Waals surface area contributed by atoms with Gasteiger partial charge in [0.05, 0.1) is 13.2 Å². The Balaban J connectivity index is 0.00000338. The summed E-state index contributed by atoms with van der Waals surface area (Å²) in [4.78, 5) is 15.1. The van der Waals surface area contributed by atoms with Crippen molar-refractivity contribution in [1.82, 2.24) is 4.90 Å². The third-order valence-corrected chi connectivity index (χ3v) is 5.38. The fourth-order valence-electron chi connectivity index (χ4n) is 2.48. The number of thioether (sulfide) groups is 1. The molecule has 0 saturated carbocycles. The van der Waals surface area contributed by atoms with Crippen molar-refractivity contribution in [3.05, 3.63) is 18.2 Å². The summed E-state index contributed by atoms with van der Waals surface area (Å²) in [6, 6.07) is 6.12. The molecule has 148 valence electrons. The summed E-state index contributed by atoms with van der Waals surface area (Å²) >= 11 is 1.67. The lowest BCUT2D eigenvalue weighted by Gasteiger charge is -2.21. The Kier molecular flexibility index (Phi) is 10.2. The van der Waals surface area contributed by atoms with Gasteiger partial charge in [-0.15, -0.1) is 24.2 Å². The van der Waals surface area contributed by atoms with Crippen molar-refractivity contribution >= 4 is 30.1 Å². The van der Waals surface area contributed by atoms with Crippen LogP contribution in [0.5, 0.6) is 11.5 Å². The Bertz CT molecular complexity index is 572. The van der Waals surface area contributed by atoms with E-state index in [1.165, 1.54) is 0 Å². The molecule has 0 aliphatic carbocycles. The van der Waals surface area contributed by atoms with E-state index in [0.29, 0.717) is 32.1 Å². The van der Waals surface area contributed by atoms with Crippen molar-refractivity contribution in [3.63, 3.8) is 0 Å². The Labute approximate surface area is 167 Å². The second-order valence-electron chi connectivity index (χ2n) is 6.77. The molecule has 1 aromatic rings. The topological polar surface area (TPSA) is 64.8 Å². The van der Waals surface area contributed by atoms with Crippen LogP contribution in [0.1, 0.15) is 33.1 Å². The van der Waals surface area contributed by atoms with Gasteiger partial charge in [0.1, 0.15) is 0 Å². The summed E-state index contributed by atoms with van der Waals surface area (Å²) in [6.45, 7) is 6.31. The van der Waals surface area contributed by atoms with E-state index in [-0.39, 0.29) is 24.4 Å². The molecule has 1 atom stereocenters. The normalized spacial score (nSPS) is 14.3. The van der Waals surface area contributed by atoms with Crippen LogP contribution in [0.2, 0.25) is 0 Å². The highest BCUT2D eigenvalue weighted by molar-refractivity contribution is 7.99. The highest BCUT2D eigenvalue weighted by atomic mass is 35.5. The Morgan fingerprint density at radius 1 is 1.27 bits per heavy atom. The molecule has 0 fully saturated rings. The largest absolute Gasteiger partial charge is 0.490 e. The first-order chi connectivity index (χ1) is 12.0. The number of nitrogens with two attached hydrogens (primary N) is 1. The van der Waals surface area contributed by atoms with Gasteiger partial charge >= 0.3 is 0 Å². The minimum atomic E-state index is 0. The molecular weight excluding hydrogens is 372 g/mol. The van der Waals surface area contributed by atoms with E-state index in [2.05, 4.69) is 13.8 Å². The van der Waals surface area contributed by atoms with E-state index < -0.39 is 0 Å². The summed E-state index contributed by atoms with van der Waals surface area (Å²) in [5.41, 5.74) is 6.04. The van der Waals surface area contributed by atoms with Crippen molar-refractivity contribution in [2.24, 2.45) is 11.7 Å². The molecule has 5 nitrogen and oxygen atoms in total. The molecule has 1 aliphatic rings. The standard InChI is InChI=1S/C19H30N2O3S.ClH/c1-14(2)16(20)7-9-21(3)19(22)8-12-25-15-5-6-17-18(13-15)24-11-4-10-23-17;/h5-6,13-14,16H,4,7-12,20H2,1-3H3;1H. The molecular formula is C19H31ClN2O3S. The van der Waals surface area contributed by atoms with Gasteiger partial charge in [0.15, 0.2) is 11.5 Å². The Hall–Kier alpha value is -1.11. The van der Waals surface area contributed by atoms with Crippen LogP contribution in [0.25, 0.3) is 0 Å². The maximum atomic E-state index is 12.2. The number of rotatable bonds is 8. The minimum Gasteiger partial charge on any atom is -0.490 e. The van der Waals surface area contributed by atoms with Crippen LogP contribution in [0.3, 0.4) is 0 Å². The summed E-state index contributed by atoms with van der Waals surface area (Å²) in [5.74, 6) is 2.96. The first kappa shape index (κ1) is 22.9. The van der Waals surface area contributed by atoms with Crippen LogP contribution in [-0.2, 0) is 4.79 Å². The zero-order valence-corrected chi connectivity index (χ0v) is 17.5. The van der Waals surface area contributed by atoms with Gasteiger partial charge in [0.2, 0.25) is 5.91 Å². The van der Waals surface area contributed by atoms with Gasteiger partial charge in [0.25, 0.3) is 0 Å². The number of ether oxygens (including phenoxy) is 2. The summed E-state index contributed by atoms with van der Waals surface area (Å²) in [7, 11) is 1.85. The lowest BCUT2D eigenvalue weighted by molar-refractivity contribution is -0.129. The molecule has 7 heteroatoms. The fraction of sp³-hybridized carbons (Fsp3) is 0.632. The van der Waals surface area contributed by atoms with Gasteiger partial charge in [0, 0.05) is 43.1 Å². The van der Waals surface area contributed by atoms with Crippen LogP contribution in [-0.4, -0.2) is 49.4 Å². The van der Waals surface area contributed by atoms with Crippen molar-refractivity contribution in [2.45, 2.75) is 44.0 Å². The van der Waals surface area contributed by atoms with Crippen molar-refractivity contribution < 1.29 is 14.3 Å². The van der Waals surface area contributed by atoms with Crippen molar-refractivity contribution in [3.8, 4) is 11.5 Å². The van der Waals surface area contributed by atoms with Gasteiger partial charge in [-0.25, -0.2) is 0 Å². The summed E-state index contributed by atoms with van der Waals surface area (Å²) < 4.78 is 11.3. The lowest BCUT2D eigenvalue weighted by Crippen LogP contribution is -2.34. The fourth-order valence-corrected chi connectivity index (χ4v) is 3.35. The third-order valence-electron chi connectivity index (χ3n) is 4.38. The monoisotopic (exact) mass is 402 g/mol. The molecule has 0 bridgehead atoms. The van der Waals surface area contributed by atoms with Gasteiger partial charge in [-0.1, -0.05) is 13.8 Å². The lowest BCUT2D eigenvalue weighted by atomic mass is 10.0. The number of carbonyl (C=O) groups excluding carboxylic acids is 1. The zero-order chi connectivity index (χ0) is 18.2. The molecule has 1 unspecified atom stereocenters. The predicted octanol–water partition coefficient (Wildman–Crippen LogP) is 3.58. The maximum Gasteiger partial charge on any atom is 0.223 e. The van der Waals surface area contributed by atoms with Gasteiger partial charge in [-0.05, 0) is 30.5 Å². The minimum absolute atomic E-state index is 0. The number of fused-ring (bicyclic) bond motifs is 1. The molecule has 1 amide bonds. The van der Waals surface area contributed by atoms with E-state index >= 15 is 0 Å². The number of benzene rings is 1. The molecule has 26 heavy (non-hydrogen) atoms. The average Bonchev–Trinajstić information content (AvgIpc) is 2.83. The van der Waals surface area contributed by atoms with Gasteiger partial charge in [-0.3, -0.25) is 4.79 Å². The van der Waals surface area contributed by atoms with E-state index in [1.54, 1.807) is 16.7 Å². The maximum absolute atomic E-state index is 12.2. The van der Waals surface area contributed by atoms with Crippen LogP contribution in [0.4, 0.5) is 0 Å². The highest BCUT2D eigenvalue weighted by Gasteiger charge is 2.14. The van der Waals surface area contributed by atoms with E-state index in [1.807, 2.05) is 25.2 Å². The first-order valence-corrected chi connectivity index (χ1v) is 9.98. The van der Waals surface area contributed by atoms with Crippen LogP contribution in [0, 0.1) is 5.92 Å². The summed E-state index contributed by atoms with van der Waals surface area (Å²) in [6.07, 6.45) is 2.26. The molecule has 0 aromatic heterocycles. The van der Waals surface area contributed by atoms with E-state index in [9.17, 15) is 4.79 Å². The molecule has 0 saturated heterocycles. The average molecular weight is 403 g/mol. The highest BCUT2D eigenvalue weighted by Crippen LogP contribution is 2.34. The number of carbonyl (C=O) groups is 1. The first-order valence-electron chi connectivity index (χ1n) is 8.99. The van der Waals surface area contributed by atoms with Crippen LogP contribution in [0.15, 0.2) is 23.1 Å². The third kappa shape index (κ3) is 7.25. The smallest absolute Gasteiger partial charge is 0.223 e. The van der Waals surface area contributed by atoms with E-state index in [4.69, 9.17) is 15.2 Å². The number of nitrogens with zero attached hydrogens (tertiary/aromatic N) is 1. The summed E-state index contributed by atoms with van der Waals surface area (Å²) in [5, 5.41) is 0. The quantitative estimate of drug-likeness (QED) is 0.673. The number of halogens is 1. The van der Waals surface area contributed by atoms with Crippen molar-refractivity contribution in [1.29, 1.82) is 0 Å². The van der Waals surface area contributed by atoms with Crippen LogP contribution < -0.4 is 15.2 Å². The molecule has 0 radical (unpaired) electrons. The Morgan fingerprint density at radius 2 is 1.96 bits per heavy atom.